The average Bonchev–Trinajstić information content (AvgIpc) is 3.03. The lowest BCUT2D eigenvalue weighted by Crippen LogP contribution is -2.41. The average molecular weight is 360 g/mol. The lowest BCUT2D eigenvalue weighted by atomic mass is 10.1. The van der Waals surface area contributed by atoms with Crippen molar-refractivity contribution in [2.24, 2.45) is 0 Å². The third-order valence-corrected chi connectivity index (χ3v) is 3.63. The molecule has 0 fully saturated rings. The largest absolute Gasteiger partial charge is 0.480 e. The summed E-state index contributed by atoms with van der Waals surface area (Å²) >= 11 is 0. The van der Waals surface area contributed by atoms with Crippen molar-refractivity contribution in [3.05, 3.63) is 41.7 Å². The Hall–Kier alpha value is -2.67. The third kappa shape index (κ3) is 5.70. The zero-order chi connectivity index (χ0) is 19.3. The number of nitrogens with one attached hydrogen (secondary N) is 1. The van der Waals surface area contributed by atoms with E-state index in [-0.39, 0.29) is 24.4 Å². The minimum Gasteiger partial charge on any atom is -0.480 e. The molecule has 1 atom stereocenters. The fourth-order valence-corrected chi connectivity index (χ4v) is 2.21. The first-order chi connectivity index (χ1) is 12.2. The number of rotatable bonds is 7. The van der Waals surface area contributed by atoms with Crippen LogP contribution < -0.4 is 5.32 Å². The molecule has 1 unspecified atom stereocenters. The first-order valence-electron chi connectivity index (χ1n) is 8.37. The molecule has 0 aliphatic carbocycles. The van der Waals surface area contributed by atoms with Crippen molar-refractivity contribution in [3.63, 3.8) is 0 Å². The lowest BCUT2D eigenvalue weighted by molar-refractivity contribution is -0.140. The quantitative estimate of drug-likeness (QED) is 0.787. The Morgan fingerprint density at radius 1 is 1.27 bits per heavy atom. The number of nitrogens with zero attached hydrogens (tertiary/aromatic N) is 1. The van der Waals surface area contributed by atoms with Crippen LogP contribution >= 0.6 is 0 Å². The summed E-state index contributed by atoms with van der Waals surface area (Å²) in [7, 11) is 0. The van der Waals surface area contributed by atoms with Crippen LogP contribution in [-0.4, -0.2) is 40.4 Å². The number of aromatic nitrogens is 1. The van der Waals surface area contributed by atoms with E-state index in [2.05, 4.69) is 10.5 Å². The van der Waals surface area contributed by atoms with Gasteiger partial charge in [0.05, 0.1) is 5.60 Å². The number of ether oxygens (including phenoxy) is 1. The van der Waals surface area contributed by atoms with Crippen LogP contribution in [0, 0.1) is 6.92 Å². The summed E-state index contributed by atoms with van der Waals surface area (Å²) in [6.45, 7) is 7.82. The van der Waals surface area contributed by atoms with Crippen molar-refractivity contribution in [2.75, 3.05) is 6.61 Å². The monoisotopic (exact) mass is 360 g/mol. The molecule has 2 aromatic rings. The number of benzene rings is 1. The molecule has 1 aromatic carbocycles. The summed E-state index contributed by atoms with van der Waals surface area (Å²) in [5.41, 5.74) is 2.06. The van der Waals surface area contributed by atoms with Crippen LogP contribution in [0.25, 0.3) is 11.3 Å². The lowest BCUT2D eigenvalue weighted by Gasteiger charge is -2.21. The molecule has 7 heteroatoms. The Morgan fingerprint density at radius 3 is 2.50 bits per heavy atom. The van der Waals surface area contributed by atoms with Crippen LogP contribution in [0.2, 0.25) is 0 Å². The zero-order valence-corrected chi connectivity index (χ0v) is 15.4. The molecule has 0 saturated heterocycles. The van der Waals surface area contributed by atoms with Gasteiger partial charge in [-0.2, -0.15) is 0 Å². The molecule has 1 heterocycles. The Morgan fingerprint density at radius 2 is 1.92 bits per heavy atom. The summed E-state index contributed by atoms with van der Waals surface area (Å²) in [4.78, 5) is 23.6. The molecule has 7 nitrogen and oxygen atoms in total. The van der Waals surface area contributed by atoms with Crippen molar-refractivity contribution in [2.45, 2.75) is 45.8 Å². The molecular weight excluding hydrogens is 336 g/mol. The summed E-state index contributed by atoms with van der Waals surface area (Å²) in [5, 5.41) is 15.6. The first-order valence-corrected chi connectivity index (χ1v) is 8.37. The maximum Gasteiger partial charge on any atom is 0.326 e. The highest BCUT2D eigenvalue weighted by Gasteiger charge is 2.24. The standard InChI is InChI=1S/C19H24N2O5/c1-12-5-7-13(8-6-12)15-11-16(26-21-15)17(22)20-14(18(23)24)9-10-25-19(2,3)4/h5-8,11,14H,9-10H2,1-4H3,(H,20,22)(H,23,24). The number of amides is 1. The van der Waals surface area contributed by atoms with E-state index < -0.39 is 17.9 Å². The molecule has 0 spiro atoms. The van der Waals surface area contributed by atoms with Crippen LogP contribution in [0.3, 0.4) is 0 Å². The summed E-state index contributed by atoms with van der Waals surface area (Å²) in [6.07, 6.45) is 0.150. The number of aryl methyl sites for hydroxylation is 1. The van der Waals surface area contributed by atoms with Gasteiger partial charge in [-0.05, 0) is 27.7 Å². The van der Waals surface area contributed by atoms with Crippen LogP contribution in [0.15, 0.2) is 34.9 Å². The Kier molecular flexibility index (Phi) is 6.15. The third-order valence-electron chi connectivity index (χ3n) is 3.63. The van der Waals surface area contributed by atoms with Crippen molar-refractivity contribution in [3.8, 4) is 11.3 Å². The number of carbonyl (C=O) groups excluding carboxylic acids is 1. The normalized spacial score (nSPS) is 12.6. The predicted molar refractivity (Wildman–Crippen MR) is 95.9 cm³/mol. The maximum atomic E-state index is 12.3. The molecular formula is C19H24N2O5. The molecule has 0 radical (unpaired) electrons. The second-order valence-corrected chi connectivity index (χ2v) is 7.06. The van der Waals surface area contributed by atoms with Gasteiger partial charge in [0.15, 0.2) is 0 Å². The Labute approximate surface area is 152 Å². The fourth-order valence-electron chi connectivity index (χ4n) is 2.21. The van der Waals surface area contributed by atoms with Gasteiger partial charge < -0.3 is 19.7 Å². The number of aliphatic carboxylic acids is 1. The molecule has 1 aromatic heterocycles. The van der Waals surface area contributed by atoms with Gasteiger partial charge in [-0.15, -0.1) is 0 Å². The maximum absolute atomic E-state index is 12.3. The second-order valence-electron chi connectivity index (χ2n) is 7.06. The van der Waals surface area contributed by atoms with Crippen LogP contribution in [0.1, 0.15) is 43.3 Å². The number of carboxylic acid groups (broad SMARTS) is 1. The predicted octanol–water partition coefficient (Wildman–Crippen LogP) is 3.04. The van der Waals surface area contributed by atoms with Crippen molar-refractivity contribution in [1.82, 2.24) is 10.5 Å². The number of carboxylic acids is 1. The van der Waals surface area contributed by atoms with Gasteiger partial charge in [-0.25, -0.2) is 4.79 Å². The Bertz CT molecular complexity index is 759. The van der Waals surface area contributed by atoms with Gasteiger partial charge in [0, 0.05) is 24.7 Å². The highest BCUT2D eigenvalue weighted by atomic mass is 16.5. The molecule has 0 saturated carbocycles. The van der Waals surface area contributed by atoms with Gasteiger partial charge in [0.2, 0.25) is 5.76 Å². The minimum absolute atomic E-state index is 0.0384. The van der Waals surface area contributed by atoms with E-state index >= 15 is 0 Å². The van der Waals surface area contributed by atoms with Gasteiger partial charge in [-0.3, -0.25) is 4.79 Å². The minimum atomic E-state index is -1.13. The van der Waals surface area contributed by atoms with Gasteiger partial charge >= 0.3 is 5.97 Å². The molecule has 26 heavy (non-hydrogen) atoms. The van der Waals surface area contributed by atoms with E-state index in [1.54, 1.807) is 0 Å². The van der Waals surface area contributed by atoms with Crippen molar-refractivity contribution < 1.29 is 24.0 Å². The molecule has 1 amide bonds. The van der Waals surface area contributed by atoms with Gasteiger partial charge in [0.25, 0.3) is 5.91 Å². The summed E-state index contributed by atoms with van der Waals surface area (Å²) in [5.74, 6) is -1.79. The van der Waals surface area contributed by atoms with Crippen molar-refractivity contribution in [1.29, 1.82) is 0 Å². The Balaban J connectivity index is 2.01. The van der Waals surface area contributed by atoms with E-state index in [1.807, 2.05) is 52.0 Å². The van der Waals surface area contributed by atoms with E-state index in [9.17, 15) is 14.7 Å². The van der Waals surface area contributed by atoms with E-state index in [0.717, 1.165) is 11.1 Å². The van der Waals surface area contributed by atoms with E-state index in [0.29, 0.717) is 5.69 Å². The number of carbonyl (C=O) groups is 2. The first kappa shape index (κ1) is 19.7. The second kappa shape index (κ2) is 8.14. The van der Waals surface area contributed by atoms with Gasteiger partial charge in [0.1, 0.15) is 11.7 Å². The number of hydrogen-bond acceptors (Lipinski definition) is 5. The zero-order valence-electron chi connectivity index (χ0n) is 15.4. The van der Waals surface area contributed by atoms with Crippen LogP contribution in [0.5, 0.6) is 0 Å². The summed E-state index contributed by atoms with van der Waals surface area (Å²) in [6, 6.07) is 8.03. The molecule has 140 valence electrons. The van der Waals surface area contributed by atoms with E-state index in [1.165, 1.54) is 6.07 Å². The van der Waals surface area contributed by atoms with Crippen molar-refractivity contribution >= 4 is 11.9 Å². The molecule has 0 aliphatic heterocycles. The number of hydrogen-bond donors (Lipinski definition) is 2. The topological polar surface area (TPSA) is 102 Å². The van der Waals surface area contributed by atoms with E-state index in [4.69, 9.17) is 9.26 Å². The van der Waals surface area contributed by atoms with Crippen LogP contribution in [-0.2, 0) is 9.53 Å². The highest BCUT2D eigenvalue weighted by molar-refractivity contribution is 5.95. The van der Waals surface area contributed by atoms with Gasteiger partial charge in [-0.1, -0.05) is 35.0 Å². The van der Waals surface area contributed by atoms with Crippen LogP contribution in [0.4, 0.5) is 0 Å². The summed E-state index contributed by atoms with van der Waals surface area (Å²) < 4.78 is 10.6. The SMILES string of the molecule is Cc1ccc(-c2cc(C(=O)NC(CCOC(C)(C)C)C(=O)O)on2)cc1. The highest BCUT2D eigenvalue weighted by Crippen LogP contribution is 2.19. The molecule has 0 bridgehead atoms. The molecule has 0 aliphatic rings. The molecule has 2 N–H and O–H groups in total. The molecule has 2 rings (SSSR count). The smallest absolute Gasteiger partial charge is 0.326 e. The fraction of sp³-hybridized carbons (Fsp3) is 0.421.